The second-order valence-electron chi connectivity index (χ2n) is 7.17. The van der Waals surface area contributed by atoms with Gasteiger partial charge < -0.3 is 25.8 Å². The van der Waals surface area contributed by atoms with Gasteiger partial charge in [-0.25, -0.2) is 4.79 Å². The number of aliphatic carboxylic acids is 1. The van der Waals surface area contributed by atoms with E-state index < -0.39 is 48.1 Å². The molecule has 0 aliphatic heterocycles. The number of carboxylic acid groups (broad SMARTS) is 1. The van der Waals surface area contributed by atoms with E-state index in [0.717, 1.165) is 0 Å². The molecule has 0 rings (SSSR count). The Bertz CT molecular complexity index is 499. The molecule has 0 aromatic rings. The summed E-state index contributed by atoms with van der Waals surface area (Å²) >= 11 is 0. The van der Waals surface area contributed by atoms with E-state index in [9.17, 15) is 19.2 Å². The second-order valence-corrected chi connectivity index (χ2v) is 7.17. The molecular weight excluding hydrogens is 330 g/mol. The lowest BCUT2D eigenvalue weighted by Crippen LogP contribution is -2.54. The molecule has 0 fully saturated rings. The van der Waals surface area contributed by atoms with Gasteiger partial charge >= 0.3 is 12.1 Å². The minimum Gasteiger partial charge on any atom is -0.480 e. The van der Waals surface area contributed by atoms with Gasteiger partial charge in [-0.1, -0.05) is 13.8 Å². The van der Waals surface area contributed by atoms with Gasteiger partial charge in [-0.2, -0.15) is 0 Å². The number of hydrogen-bond donors (Lipinski definition) is 4. The van der Waals surface area contributed by atoms with Gasteiger partial charge in [-0.3, -0.25) is 14.4 Å². The number of carbonyl (C=O) groups excluding carboxylic acids is 3. The molecule has 0 spiro atoms. The van der Waals surface area contributed by atoms with Gasteiger partial charge in [0.25, 0.3) is 0 Å². The minimum atomic E-state index is -1.18. The number of nitrogens with one attached hydrogen (secondary N) is 3. The van der Waals surface area contributed by atoms with Gasteiger partial charge in [0, 0.05) is 0 Å². The third-order valence-corrected chi connectivity index (χ3v) is 2.88. The van der Waals surface area contributed by atoms with Crippen LogP contribution in [-0.4, -0.2) is 53.2 Å². The van der Waals surface area contributed by atoms with Gasteiger partial charge in [-0.05, 0) is 40.0 Å². The summed E-state index contributed by atoms with van der Waals surface area (Å²) in [6, 6.07) is -1.81. The normalized spacial score (nSPS) is 13.6. The summed E-state index contributed by atoms with van der Waals surface area (Å²) in [7, 11) is 0. The zero-order valence-corrected chi connectivity index (χ0v) is 15.6. The fraction of sp³-hybridized carbons (Fsp3) is 0.750. The lowest BCUT2D eigenvalue weighted by atomic mass is 10.0. The molecule has 25 heavy (non-hydrogen) atoms. The standard InChI is InChI=1S/C16H29N3O6/c1-9(2)7-11(19-15(24)25-16(4,5)6)14(23)18-10(3)13(22)17-8-12(20)21/h9-11H,7-8H2,1-6H3,(H,17,22)(H,18,23)(H,19,24)(H,20,21). The lowest BCUT2D eigenvalue weighted by Gasteiger charge is -2.25. The molecule has 0 aliphatic rings. The highest BCUT2D eigenvalue weighted by Gasteiger charge is 2.27. The zero-order valence-electron chi connectivity index (χ0n) is 15.6. The smallest absolute Gasteiger partial charge is 0.408 e. The van der Waals surface area contributed by atoms with E-state index in [-0.39, 0.29) is 5.92 Å². The van der Waals surface area contributed by atoms with Crippen molar-refractivity contribution >= 4 is 23.9 Å². The summed E-state index contributed by atoms with van der Waals surface area (Å²) in [5.74, 6) is -2.24. The maximum Gasteiger partial charge on any atom is 0.408 e. The number of alkyl carbamates (subject to hydrolysis) is 1. The molecule has 2 atom stereocenters. The van der Waals surface area contributed by atoms with Crippen LogP contribution in [0.3, 0.4) is 0 Å². The summed E-state index contributed by atoms with van der Waals surface area (Å²) < 4.78 is 5.14. The van der Waals surface area contributed by atoms with Crippen molar-refractivity contribution in [2.45, 2.75) is 65.6 Å². The Labute approximate surface area is 147 Å². The zero-order chi connectivity index (χ0) is 19.8. The Balaban J connectivity index is 4.80. The number of ether oxygens (including phenoxy) is 1. The van der Waals surface area contributed by atoms with Crippen LogP contribution in [0.4, 0.5) is 4.79 Å². The first-order chi connectivity index (χ1) is 11.3. The Kier molecular flexibility index (Phi) is 8.94. The van der Waals surface area contributed by atoms with Crippen LogP contribution < -0.4 is 16.0 Å². The van der Waals surface area contributed by atoms with Gasteiger partial charge in [-0.15, -0.1) is 0 Å². The molecule has 4 N–H and O–H groups in total. The maximum absolute atomic E-state index is 12.4. The van der Waals surface area contributed by atoms with E-state index in [0.29, 0.717) is 6.42 Å². The molecule has 3 amide bonds. The molecule has 9 nitrogen and oxygen atoms in total. The van der Waals surface area contributed by atoms with Crippen LogP contribution in [0, 0.1) is 5.92 Å². The molecule has 0 bridgehead atoms. The largest absolute Gasteiger partial charge is 0.480 e. The third-order valence-electron chi connectivity index (χ3n) is 2.88. The van der Waals surface area contributed by atoms with Gasteiger partial charge in [0.05, 0.1) is 0 Å². The van der Waals surface area contributed by atoms with Crippen LogP contribution in [0.1, 0.15) is 48.0 Å². The Morgan fingerprint density at radius 2 is 1.56 bits per heavy atom. The Morgan fingerprint density at radius 1 is 1.00 bits per heavy atom. The predicted octanol–water partition coefficient (Wildman–Crippen LogP) is 0.631. The van der Waals surface area contributed by atoms with Crippen molar-refractivity contribution in [3.05, 3.63) is 0 Å². The molecular formula is C16H29N3O6. The average Bonchev–Trinajstić information content (AvgIpc) is 2.41. The molecule has 0 saturated heterocycles. The van der Waals surface area contributed by atoms with Crippen LogP contribution in [0.25, 0.3) is 0 Å². The van der Waals surface area contributed by atoms with Crippen molar-refractivity contribution in [3.63, 3.8) is 0 Å². The summed E-state index contributed by atoms with van der Waals surface area (Å²) in [6.45, 7) is 9.79. The average molecular weight is 359 g/mol. The number of rotatable bonds is 8. The Morgan fingerprint density at radius 3 is 2.00 bits per heavy atom. The number of carboxylic acids is 1. The van der Waals surface area contributed by atoms with Crippen LogP contribution in [0.15, 0.2) is 0 Å². The third kappa shape index (κ3) is 11.0. The number of carbonyl (C=O) groups is 4. The molecule has 2 unspecified atom stereocenters. The summed E-state index contributed by atoms with van der Waals surface area (Å²) in [5.41, 5.74) is -0.701. The number of hydrogen-bond acceptors (Lipinski definition) is 5. The summed E-state index contributed by atoms with van der Waals surface area (Å²) in [6.07, 6.45) is -0.370. The monoisotopic (exact) mass is 359 g/mol. The van der Waals surface area contributed by atoms with Gasteiger partial charge in [0.15, 0.2) is 0 Å². The van der Waals surface area contributed by atoms with Crippen molar-refractivity contribution < 1.29 is 29.0 Å². The van der Waals surface area contributed by atoms with Crippen molar-refractivity contribution in [3.8, 4) is 0 Å². The Hall–Kier alpha value is -2.32. The lowest BCUT2D eigenvalue weighted by molar-refractivity contribution is -0.138. The molecule has 0 heterocycles. The van der Waals surface area contributed by atoms with E-state index in [1.54, 1.807) is 20.8 Å². The van der Waals surface area contributed by atoms with Gasteiger partial charge in [0.2, 0.25) is 11.8 Å². The molecule has 0 aromatic heterocycles. The van der Waals surface area contributed by atoms with E-state index in [4.69, 9.17) is 9.84 Å². The first kappa shape index (κ1) is 22.7. The highest BCUT2D eigenvalue weighted by molar-refractivity contribution is 5.92. The predicted molar refractivity (Wildman–Crippen MR) is 90.9 cm³/mol. The SMILES string of the molecule is CC(C)CC(NC(=O)OC(C)(C)C)C(=O)NC(C)C(=O)NCC(=O)O. The molecule has 9 heteroatoms. The fourth-order valence-electron chi connectivity index (χ4n) is 1.85. The van der Waals surface area contributed by atoms with E-state index in [2.05, 4.69) is 16.0 Å². The highest BCUT2D eigenvalue weighted by atomic mass is 16.6. The molecule has 0 aliphatic carbocycles. The maximum atomic E-state index is 12.4. The van der Waals surface area contributed by atoms with Crippen LogP contribution >= 0.6 is 0 Å². The molecule has 0 saturated carbocycles. The van der Waals surface area contributed by atoms with Crippen LogP contribution in [-0.2, 0) is 19.1 Å². The first-order valence-corrected chi connectivity index (χ1v) is 8.11. The minimum absolute atomic E-state index is 0.113. The molecule has 144 valence electrons. The summed E-state index contributed by atoms with van der Waals surface area (Å²) in [4.78, 5) is 46.4. The van der Waals surface area contributed by atoms with Gasteiger partial charge in [0.1, 0.15) is 24.2 Å². The van der Waals surface area contributed by atoms with Crippen molar-refractivity contribution in [1.82, 2.24) is 16.0 Å². The number of amides is 3. The van der Waals surface area contributed by atoms with Crippen LogP contribution in [0.5, 0.6) is 0 Å². The topological polar surface area (TPSA) is 134 Å². The quantitative estimate of drug-likeness (QED) is 0.502. The first-order valence-electron chi connectivity index (χ1n) is 8.11. The molecule has 0 aromatic carbocycles. The van der Waals surface area contributed by atoms with Crippen molar-refractivity contribution in [1.29, 1.82) is 0 Å². The highest BCUT2D eigenvalue weighted by Crippen LogP contribution is 2.09. The second kappa shape index (κ2) is 9.85. The fourth-order valence-corrected chi connectivity index (χ4v) is 1.85. The van der Waals surface area contributed by atoms with E-state index in [1.165, 1.54) is 6.92 Å². The van der Waals surface area contributed by atoms with Crippen LogP contribution in [0.2, 0.25) is 0 Å². The van der Waals surface area contributed by atoms with E-state index in [1.807, 2.05) is 13.8 Å². The van der Waals surface area contributed by atoms with E-state index >= 15 is 0 Å². The van der Waals surface area contributed by atoms with Crippen molar-refractivity contribution in [2.24, 2.45) is 5.92 Å². The molecule has 0 radical (unpaired) electrons. The van der Waals surface area contributed by atoms with Crippen molar-refractivity contribution in [2.75, 3.05) is 6.54 Å². The summed E-state index contributed by atoms with van der Waals surface area (Å²) in [5, 5.41) is 15.7.